The molecule has 2 aromatic carbocycles. The SMILES string of the molecule is CC[C@@H](C(=O)N(CC)c1ccccc1C)c1ccccc1. The van der Waals surface area contributed by atoms with E-state index in [0.717, 1.165) is 23.2 Å². The van der Waals surface area contributed by atoms with Gasteiger partial charge in [-0.25, -0.2) is 0 Å². The molecule has 0 bridgehead atoms. The zero-order valence-corrected chi connectivity index (χ0v) is 13.0. The molecule has 0 saturated heterocycles. The van der Waals surface area contributed by atoms with Gasteiger partial charge in [0.1, 0.15) is 0 Å². The number of para-hydroxylation sites is 1. The molecule has 2 aromatic rings. The number of hydrogen-bond donors (Lipinski definition) is 0. The van der Waals surface area contributed by atoms with Crippen LogP contribution in [0, 0.1) is 6.92 Å². The standard InChI is InChI=1S/C19H23NO/c1-4-17(16-12-7-6-8-13-16)19(21)20(5-2)18-14-10-9-11-15(18)3/h6-14,17H,4-5H2,1-3H3/t17-/m1/s1. The van der Waals surface area contributed by atoms with Gasteiger partial charge in [0, 0.05) is 12.2 Å². The fourth-order valence-corrected chi connectivity index (χ4v) is 2.74. The molecule has 2 nitrogen and oxygen atoms in total. The van der Waals surface area contributed by atoms with E-state index in [1.54, 1.807) is 0 Å². The van der Waals surface area contributed by atoms with Crippen molar-refractivity contribution in [2.75, 3.05) is 11.4 Å². The van der Waals surface area contributed by atoms with Gasteiger partial charge < -0.3 is 4.90 Å². The number of amides is 1. The number of nitrogens with zero attached hydrogens (tertiary/aromatic N) is 1. The fourth-order valence-electron chi connectivity index (χ4n) is 2.74. The third-order valence-corrected chi connectivity index (χ3v) is 3.90. The van der Waals surface area contributed by atoms with Crippen LogP contribution >= 0.6 is 0 Å². The van der Waals surface area contributed by atoms with Crippen molar-refractivity contribution in [3.05, 3.63) is 65.7 Å². The van der Waals surface area contributed by atoms with Crippen LogP contribution in [0.5, 0.6) is 0 Å². The van der Waals surface area contributed by atoms with Crippen molar-refractivity contribution in [2.45, 2.75) is 33.1 Å². The number of rotatable bonds is 5. The Labute approximate surface area is 127 Å². The van der Waals surface area contributed by atoms with Crippen molar-refractivity contribution in [2.24, 2.45) is 0 Å². The largest absolute Gasteiger partial charge is 0.312 e. The molecule has 0 heterocycles. The average molecular weight is 281 g/mol. The lowest BCUT2D eigenvalue weighted by Gasteiger charge is -2.27. The first kappa shape index (κ1) is 15.3. The Hall–Kier alpha value is -2.09. The Bertz CT molecular complexity index is 592. The minimum absolute atomic E-state index is 0.0780. The summed E-state index contributed by atoms with van der Waals surface area (Å²) in [6.07, 6.45) is 0.811. The van der Waals surface area contributed by atoms with E-state index >= 15 is 0 Å². The predicted octanol–water partition coefficient (Wildman–Crippen LogP) is 4.54. The molecular weight excluding hydrogens is 258 g/mol. The molecule has 0 aliphatic heterocycles. The van der Waals surface area contributed by atoms with Gasteiger partial charge in [-0.3, -0.25) is 4.79 Å². The van der Waals surface area contributed by atoms with Gasteiger partial charge in [0.05, 0.1) is 5.92 Å². The Morgan fingerprint density at radius 2 is 1.62 bits per heavy atom. The maximum Gasteiger partial charge on any atom is 0.234 e. The van der Waals surface area contributed by atoms with E-state index in [1.165, 1.54) is 0 Å². The van der Waals surface area contributed by atoms with Crippen LogP contribution in [0.25, 0.3) is 0 Å². The Kier molecular flexibility index (Phi) is 5.15. The lowest BCUT2D eigenvalue weighted by molar-refractivity contribution is -0.120. The highest BCUT2D eigenvalue weighted by Crippen LogP contribution is 2.27. The van der Waals surface area contributed by atoms with Crippen LogP contribution in [-0.4, -0.2) is 12.5 Å². The van der Waals surface area contributed by atoms with Crippen LogP contribution in [0.15, 0.2) is 54.6 Å². The third-order valence-electron chi connectivity index (χ3n) is 3.90. The molecule has 0 saturated carbocycles. The molecule has 1 amide bonds. The first-order valence-electron chi connectivity index (χ1n) is 7.61. The highest BCUT2D eigenvalue weighted by Gasteiger charge is 2.25. The monoisotopic (exact) mass is 281 g/mol. The second kappa shape index (κ2) is 7.07. The van der Waals surface area contributed by atoms with Crippen molar-refractivity contribution < 1.29 is 4.79 Å². The van der Waals surface area contributed by atoms with E-state index in [1.807, 2.05) is 60.4 Å². The summed E-state index contributed by atoms with van der Waals surface area (Å²) < 4.78 is 0. The molecule has 2 rings (SSSR count). The number of anilines is 1. The predicted molar refractivity (Wildman–Crippen MR) is 88.7 cm³/mol. The third kappa shape index (κ3) is 3.33. The first-order valence-corrected chi connectivity index (χ1v) is 7.61. The van der Waals surface area contributed by atoms with Crippen molar-refractivity contribution in [3.8, 4) is 0 Å². The lowest BCUT2D eigenvalue weighted by Crippen LogP contribution is -2.35. The minimum Gasteiger partial charge on any atom is -0.312 e. The van der Waals surface area contributed by atoms with E-state index in [4.69, 9.17) is 0 Å². The summed E-state index contributed by atoms with van der Waals surface area (Å²) in [5, 5.41) is 0. The second-order valence-corrected chi connectivity index (χ2v) is 5.24. The average Bonchev–Trinajstić information content (AvgIpc) is 2.52. The summed E-state index contributed by atoms with van der Waals surface area (Å²) >= 11 is 0. The van der Waals surface area contributed by atoms with Crippen molar-refractivity contribution in [3.63, 3.8) is 0 Å². The molecule has 0 aliphatic carbocycles. The number of aryl methyl sites for hydroxylation is 1. The van der Waals surface area contributed by atoms with Crippen LogP contribution in [0.3, 0.4) is 0 Å². The molecule has 0 aliphatic rings. The Morgan fingerprint density at radius 1 is 1.00 bits per heavy atom. The number of carbonyl (C=O) groups excluding carboxylic acids is 1. The van der Waals surface area contributed by atoms with Crippen LogP contribution < -0.4 is 4.90 Å². The van der Waals surface area contributed by atoms with Gasteiger partial charge >= 0.3 is 0 Å². The molecule has 0 unspecified atom stereocenters. The van der Waals surface area contributed by atoms with Gasteiger partial charge in [-0.1, -0.05) is 55.5 Å². The summed E-state index contributed by atoms with van der Waals surface area (Å²) in [5.74, 6) is 0.103. The van der Waals surface area contributed by atoms with Gasteiger partial charge in [0.15, 0.2) is 0 Å². The van der Waals surface area contributed by atoms with E-state index < -0.39 is 0 Å². The molecule has 21 heavy (non-hydrogen) atoms. The van der Waals surface area contributed by atoms with Crippen LogP contribution in [0.1, 0.15) is 37.3 Å². The normalized spacial score (nSPS) is 12.0. The summed E-state index contributed by atoms with van der Waals surface area (Å²) in [6, 6.07) is 18.1. The Balaban J connectivity index is 2.33. The van der Waals surface area contributed by atoms with Gasteiger partial charge in [0.2, 0.25) is 5.91 Å². The summed E-state index contributed by atoms with van der Waals surface area (Å²) in [4.78, 5) is 14.9. The number of carbonyl (C=O) groups is 1. The quantitative estimate of drug-likeness (QED) is 0.787. The van der Waals surface area contributed by atoms with Gasteiger partial charge in [-0.05, 0) is 37.5 Å². The molecule has 0 spiro atoms. The topological polar surface area (TPSA) is 20.3 Å². The molecule has 2 heteroatoms. The van der Waals surface area contributed by atoms with Crippen LogP contribution in [0.2, 0.25) is 0 Å². The van der Waals surface area contributed by atoms with Crippen molar-refractivity contribution in [1.29, 1.82) is 0 Å². The molecule has 0 N–H and O–H groups in total. The smallest absolute Gasteiger partial charge is 0.234 e. The number of benzene rings is 2. The van der Waals surface area contributed by atoms with Crippen LogP contribution in [0.4, 0.5) is 5.69 Å². The summed E-state index contributed by atoms with van der Waals surface area (Å²) in [7, 11) is 0. The second-order valence-electron chi connectivity index (χ2n) is 5.24. The van der Waals surface area contributed by atoms with Gasteiger partial charge in [-0.2, -0.15) is 0 Å². The fraction of sp³-hybridized carbons (Fsp3) is 0.316. The molecule has 110 valence electrons. The maximum atomic E-state index is 13.0. The zero-order chi connectivity index (χ0) is 15.2. The van der Waals surface area contributed by atoms with Crippen LogP contribution in [-0.2, 0) is 4.79 Å². The highest BCUT2D eigenvalue weighted by molar-refractivity contribution is 5.98. The van der Waals surface area contributed by atoms with Crippen molar-refractivity contribution in [1.82, 2.24) is 0 Å². The molecule has 0 radical (unpaired) electrons. The zero-order valence-electron chi connectivity index (χ0n) is 13.0. The molecule has 1 atom stereocenters. The van der Waals surface area contributed by atoms with E-state index in [-0.39, 0.29) is 11.8 Å². The minimum atomic E-state index is -0.0780. The molecular formula is C19H23NO. The maximum absolute atomic E-state index is 13.0. The molecule has 0 fully saturated rings. The van der Waals surface area contributed by atoms with Crippen molar-refractivity contribution >= 4 is 11.6 Å². The molecule has 0 aromatic heterocycles. The number of likely N-dealkylation sites (N-methyl/N-ethyl adjacent to an activating group) is 1. The lowest BCUT2D eigenvalue weighted by atomic mass is 9.94. The van der Waals surface area contributed by atoms with Gasteiger partial charge in [-0.15, -0.1) is 0 Å². The van der Waals surface area contributed by atoms with E-state index in [2.05, 4.69) is 19.9 Å². The summed E-state index contributed by atoms with van der Waals surface area (Å²) in [5.41, 5.74) is 3.24. The summed E-state index contributed by atoms with van der Waals surface area (Å²) in [6.45, 7) is 6.84. The Morgan fingerprint density at radius 3 is 2.19 bits per heavy atom. The first-order chi connectivity index (χ1) is 10.2. The number of hydrogen-bond acceptors (Lipinski definition) is 1. The highest BCUT2D eigenvalue weighted by atomic mass is 16.2. The van der Waals surface area contributed by atoms with E-state index in [0.29, 0.717) is 6.54 Å². The van der Waals surface area contributed by atoms with E-state index in [9.17, 15) is 4.79 Å². The van der Waals surface area contributed by atoms with Gasteiger partial charge in [0.25, 0.3) is 0 Å².